The third-order valence-corrected chi connectivity index (χ3v) is 3.90. The Kier molecular flexibility index (Phi) is 2.40. The van der Waals surface area contributed by atoms with Crippen molar-refractivity contribution >= 4 is 10.8 Å². The van der Waals surface area contributed by atoms with Crippen molar-refractivity contribution in [3.8, 4) is 0 Å². The molecule has 3 atom stereocenters. The van der Waals surface area contributed by atoms with Gasteiger partial charge >= 0.3 is 0 Å². The number of hydrogen-bond donors (Lipinski definition) is 1. The van der Waals surface area contributed by atoms with Crippen LogP contribution in [0.5, 0.6) is 0 Å². The standard InChI is InChI=1S/C15H16FN/c1-9-8-13(9)15(17)12-6-7-14(16)11-5-3-2-4-10(11)12/h2-7,9,13,15H,8,17H2,1H3. The smallest absolute Gasteiger partial charge is 0.131 e. The minimum Gasteiger partial charge on any atom is -0.324 e. The van der Waals surface area contributed by atoms with E-state index in [-0.39, 0.29) is 11.9 Å². The highest BCUT2D eigenvalue weighted by atomic mass is 19.1. The summed E-state index contributed by atoms with van der Waals surface area (Å²) in [5.74, 6) is 1.10. The molecule has 1 fully saturated rings. The molecular weight excluding hydrogens is 213 g/mol. The van der Waals surface area contributed by atoms with Gasteiger partial charge in [0.15, 0.2) is 0 Å². The predicted molar refractivity (Wildman–Crippen MR) is 68.1 cm³/mol. The van der Waals surface area contributed by atoms with E-state index in [0.717, 1.165) is 10.9 Å². The molecule has 0 aliphatic heterocycles. The summed E-state index contributed by atoms with van der Waals surface area (Å²) in [6, 6.07) is 11.0. The molecule has 17 heavy (non-hydrogen) atoms. The van der Waals surface area contributed by atoms with E-state index in [1.807, 2.05) is 30.3 Å². The van der Waals surface area contributed by atoms with Crippen molar-refractivity contribution in [2.24, 2.45) is 17.6 Å². The van der Waals surface area contributed by atoms with Gasteiger partial charge < -0.3 is 5.73 Å². The number of rotatable bonds is 2. The maximum absolute atomic E-state index is 13.7. The van der Waals surface area contributed by atoms with E-state index in [0.29, 0.717) is 17.2 Å². The lowest BCUT2D eigenvalue weighted by Gasteiger charge is -2.14. The first-order valence-electron chi connectivity index (χ1n) is 6.11. The molecule has 1 nitrogen and oxygen atoms in total. The Morgan fingerprint density at radius 3 is 2.47 bits per heavy atom. The van der Waals surface area contributed by atoms with Crippen molar-refractivity contribution in [2.45, 2.75) is 19.4 Å². The van der Waals surface area contributed by atoms with E-state index >= 15 is 0 Å². The van der Waals surface area contributed by atoms with Crippen LogP contribution in [0.25, 0.3) is 10.8 Å². The van der Waals surface area contributed by atoms with E-state index < -0.39 is 0 Å². The van der Waals surface area contributed by atoms with Gasteiger partial charge in [0.1, 0.15) is 5.82 Å². The fourth-order valence-electron chi connectivity index (χ4n) is 2.66. The second-order valence-electron chi connectivity index (χ2n) is 5.08. The lowest BCUT2D eigenvalue weighted by atomic mass is 9.95. The minimum atomic E-state index is -0.166. The first-order chi connectivity index (χ1) is 8.18. The van der Waals surface area contributed by atoms with Crippen LogP contribution in [0, 0.1) is 17.7 Å². The average molecular weight is 229 g/mol. The van der Waals surface area contributed by atoms with E-state index in [9.17, 15) is 4.39 Å². The van der Waals surface area contributed by atoms with Gasteiger partial charge in [-0.1, -0.05) is 37.3 Å². The van der Waals surface area contributed by atoms with Gasteiger partial charge in [0.2, 0.25) is 0 Å². The van der Waals surface area contributed by atoms with Crippen LogP contribution in [0.2, 0.25) is 0 Å². The number of benzene rings is 2. The number of fused-ring (bicyclic) bond motifs is 1. The highest BCUT2D eigenvalue weighted by molar-refractivity contribution is 5.86. The second kappa shape index (κ2) is 3.81. The van der Waals surface area contributed by atoms with Crippen LogP contribution in [0.1, 0.15) is 24.9 Å². The highest BCUT2D eigenvalue weighted by Crippen LogP contribution is 2.46. The fourth-order valence-corrected chi connectivity index (χ4v) is 2.66. The van der Waals surface area contributed by atoms with Gasteiger partial charge in [-0.15, -0.1) is 0 Å². The monoisotopic (exact) mass is 229 g/mol. The van der Waals surface area contributed by atoms with Crippen LogP contribution in [-0.2, 0) is 0 Å². The van der Waals surface area contributed by atoms with Crippen molar-refractivity contribution < 1.29 is 4.39 Å². The van der Waals surface area contributed by atoms with Crippen molar-refractivity contribution in [1.82, 2.24) is 0 Å². The number of nitrogens with two attached hydrogens (primary N) is 1. The third kappa shape index (κ3) is 1.73. The summed E-state index contributed by atoms with van der Waals surface area (Å²) in [6.45, 7) is 2.22. The van der Waals surface area contributed by atoms with Crippen molar-refractivity contribution in [3.05, 3.63) is 47.8 Å². The van der Waals surface area contributed by atoms with E-state index in [2.05, 4.69) is 6.92 Å². The molecule has 0 bridgehead atoms. The molecular formula is C15H16FN. The molecule has 1 aliphatic rings. The third-order valence-electron chi connectivity index (χ3n) is 3.90. The summed E-state index contributed by atoms with van der Waals surface area (Å²) in [6.07, 6.45) is 1.19. The minimum absolute atomic E-state index is 0.0375. The summed E-state index contributed by atoms with van der Waals surface area (Å²) >= 11 is 0. The van der Waals surface area contributed by atoms with Crippen LogP contribution in [-0.4, -0.2) is 0 Å². The molecule has 3 unspecified atom stereocenters. The Hall–Kier alpha value is -1.41. The van der Waals surface area contributed by atoms with Crippen molar-refractivity contribution in [2.75, 3.05) is 0 Å². The molecule has 0 saturated heterocycles. The van der Waals surface area contributed by atoms with Crippen molar-refractivity contribution in [3.63, 3.8) is 0 Å². The molecule has 88 valence electrons. The molecule has 0 radical (unpaired) electrons. The Labute approximate surface area is 100 Å². The second-order valence-corrected chi connectivity index (χ2v) is 5.08. The molecule has 2 aromatic carbocycles. The average Bonchev–Trinajstić information content (AvgIpc) is 3.07. The zero-order chi connectivity index (χ0) is 12.0. The van der Waals surface area contributed by atoms with Crippen LogP contribution in [0.3, 0.4) is 0 Å². The van der Waals surface area contributed by atoms with Gasteiger partial charge in [0.05, 0.1) is 0 Å². The van der Waals surface area contributed by atoms with Gasteiger partial charge in [0, 0.05) is 11.4 Å². The summed E-state index contributed by atoms with van der Waals surface area (Å²) in [5, 5.41) is 1.63. The van der Waals surface area contributed by atoms with Gasteiger partial charge in [0.25, 0.3) is 0 Å². The predicted octanol–water partition coefficient (Wildman–Crippen LogP) is 3.63. The Bertz CT molecular complexity index is 564. The molecule has 0 heterocycles. The Morgan fingerprint density at radius 1 is 1.18 bits per heavy atom. The maximum atomic E-state index is 13.7. The lowest BCUT2D eigenvalue weighted by molar-refractivity contribution is 0.594. The molecule has 1 saturated carbocycles. The van der Waals surface area contributed by atoms with Gasteiger partial charge in [-0.05, 0) is 35.3 Å². The molecule has 2 aromatic rings. The number of hydrogen-bond acceptors (Lipinski definition) is 1. The van der Waals surface area contributed by atoms with E-state index in [4.69, 9.17) is 5.73 Å². The van der Waals surface area contributed by atoms with Crippen LogP contribution >= 0.6 is 0 Å². The van der Waals surface area contributed by atoms with E-state index in [1.165, 1.54) is 12.5 Å². The maximum Gasteiger partial charge on any atom is 0.131 e. The molecule has 2 N–H and O–H groups in total. The molecule has 0 amide bonds. The van der Waals surface area contributed by atoms with Crippen LogP contribution < -0.4 is 5.73 Å². The summed E-state index contributed by atoms with van der Waals surface area (Å²) in [7, 11) is 0. The molecule has 0 aromatic heterocycles. The lowest BCUT2D eigenvalue weighted by Crippen LogP contribution is -2.14. The first-order valence-corrected chi connectivity index (χ1v) is 6.11. The molecule has 2 heteroatoms. The van der Waals surface area contributed by atoms with Gasteiger partial charge in [-0.25, -0.2) is 4.39 Å². The fraction of sp³-hybridized carbons (Fsp3) is 0.333. The Balaban J connectivity index is 2.13. The largest absolute Gasteiger partial charge is 0.324 e. The first kappa shape index (κ1) is 10.7. The van der Waals surface area contributed by atoms with Crippen LogP contribution in [0.15, 0.2) is 36.4 Å². The SMILES string of the molecule is CC1CC1C(N)c1ccc(F)c2ccccc12. The molecule has 1 aliphatic carbocycles. The van der Waals surface area contributed by atoms with Crippen molar-refractivity contribution in [1.29, 1.82) is 0 Å². The molecule has 0 spiro atoms. The zero-order valence-electron chi connectivity index (χ0n) is 9.86. The summed E-state index contributed by atoms with van der Waals surface area (Å²) < 4.78 is 13.7. The quantitative estimate of drug-likeness (QED) is 0.836. The van der Waals surface area contributed by atoms with Gasteiger partial charge in [-0.3, -0.25) is 0 Å². The molecule has 3 rings (SSSR count). The topological polar surface area (TPSA) is 26.0 Å². The summed E-state index contributed by atoms with van der Waals surface area (Å²) in [5.41, 5.74) is 7.36. The number of halogens is 1. The van der Waals surface area contributed by atoms with Gasteiger partial charge in [-0.2, -0.15) is 0 Å². The van der Waals surface area contributed by atoms with Crippen LogP contribution in [0.4, 0.5) is 4.39 Å². The summed E-state index contributed by atoms with van der Waals surface area (Å²) in [4.78, 5) is 0. The normalized spacial score (nSPS) is 24.9. The zero-order valence-corrected chi connectivity index (χ0v) is 9.86. The van der Waals surface area contributed by atoms with E-state index in [1.54, 1.807) is 0 Å². The highest BCUT2D eigenvalue weighted by Gasteiger charge is 2.38. The Morgan fingerprint density at radius 2 is 1.82 bits per heavy atom.